The lowest BCUT2D eigenvalue weighted by Crippen LogP contribution is -2.46. The Morgan fingerprint density at radius 3 is 2.47 bits per heavy atom. The predicted molar refractivity (Wildman–Crippen MR) is 140 cm³/mol. The van der Waals surface area contributed by atoms with E-state index in [0.717, 1.165) is 60.9 Å². The summed E-state index contributed by atoms with van der Waals surface area (Å²) in [7, 11) is -3.25. The van der Waals surface area contributed by atoms with E-state index in [1.807, 2.05) is 18.3 Å². The molecule has 0 bridgehead atoms. The molecule has 3 heterocycles. The zero-order valence-corrected chi connectivity index (χ0v) is 21.2. The van der Waals surface area contributed by atoms with Crippen molar-refractivity contribution >= 4 is 21.2 Å². The molecule has 4 aromatic rings. The molecule has 9 heteroatoms. The van der Waals surface area contributed by atoms with Gasteiger partial charge < -0.3 is 4.90 Å². The van der Waals surface area contributed by atoms with Gasteiger partial charge in [0.25, 0.3) is 0 Å². The number of pyridine rings is 1. The molecule has 0 aliphatic carbocycles. The lowest BCUT2D eigenvalue weighted by molar-refractivity contribution is 0.245. The van der Waals surface area contributed by atoms with Crippen molar-refractivity contribution in [3.8, 4) is 11.1 Å². The van der Waals surface area contributed by atoms with Gasteiger partial charge in [-0.05, 0) is 53.9 Å². The number of benzene rings is 2. The van der Waals surface area contributed by atoms with Gasteiger partial charge in [-0.25, -0.2) is 17.9 Å². The summed E-state index contributed by atoms with van der Waals surface area (Å²) in [6, 6.07) is 19.2. The van der Waals surface area contributed by atoms with Gasteiger partial charge in [0.2, 0.25) is 0 Å². The van der Waals surface area contributed by atoms with Crippen LogP contribution in [0.25, 0.3) is 16.8 Å². The van der Waals surface area contributed by atoms with Gasteiger partial charge in [-0.2, -0.15) is 5.10 Å². The molecule has 36 heavy (non-hydrogen) atoms. The van der Waals surface area contributed by atoms with Crippen molar-refractivity contribution in [2.24, 2.45) is 0 Å². The Kier molecular flexibility index (Phi) is 7.02. The molecule has 2 aromatic carbocycles. The number of fused-ring (bicyclic) bond motifs is 1. The highest BCUT2D eigenvalue weighted by molar-refractivity contribution is 7.90. The fourth-order valence-corrected chi connectivity index (χ4v) is 5.32. The first-order valence-corrected chi connectivity index (χ1v) is 14.1. The zero-order valence-electron chi connectivity index (χ0n) is 20.3. The Labute approximate surface area is 211 Å². The summed E-state index contributed by atoms with van der Waals surface area (Å²) in [6.07, 6.45) is 4.30. The van der Waals surface area contributed by atoms with E-state index < -0.39 is 9.84 Å². The summed E-state index contributed by atoms with van der Waals surface area (Å²) in [5.41, 5.74) is 4.85. The van der Waals surface area contributed by atoms with E-state index in [0.29, 0.717) is 17.7 Å². The van der Waals surface area contributed by atoms with E-state index in [-0.39, 0.29) is 6.67 Å². The maximum absolute atomic E-state index is 12.5. The number of piperazine rings is 1. The van der Waals surface area contributed by atoms with Gasteiger partial charge in [-0.15, -0.1) is 0 Å². The molecule has 0 N–H and O–H groups in total. The number of hydrogen-bond acceptors (Lipinski definition) is 6. The predicted octanol–water partition coefficient (Wildman–Crippen LogP) is 3.87. The molecule has 2 aromatic heterocycles. The van der Waals surface area contributed by atoms with Crippen molar-refractivity contribution in [2.75, 3.05) is 50.6 Å². The third-order valence-electron chi connectivity index (χ3n) is 6.62. The van der Waals surface area contributed by atoms with Crippen LogP contribution in [0.2, 0.25) is 0 Å². The number of nitrogens with zero attached hydrogens (tertiary/aromatic N) is 5. The smallest absolute Gasteiger partial charge is 0.175 e. The van der Waals surface area contributed by atoms with Gasteiger partial charge >= 0.3 is 0 Å². The van der Waals surface area contributed by atoms with E-state index in [1.165, 1.54) is 11.9 Å². The van der Waals surface area contributed by atoms with Crippen molar-refractivity contribution < 1.29 is 12.8 Å². The van der Waals surface area contributed by atoms with Crippen molar-refractivity contribution in [2.45, 2.75) is 17.7 Å². The molecule has 1 fully saturated rings. The third kappa shape index (κ3) is 5.42. The van der Waals surface area contributed by atoms with E-state index in [4.69, 9.17) is 10.1 Å². The van der Waals surface area contributed by atoms with Gasteiger partial charge in [-0.3, -0.25) is 9.29 Å². The van der Waals surface area contributed by atoms with E-state index in [1.54, 1.807) is 28.8 Å². The number of alkyl halides is 1. The lowest BCUT2D eigenvalue weighted by atomic mass is 10.1. The maximum Gasteiger partial charge on any atom is 0.175 e. The topological polar surface area (TPSA) is 70.8 Å². The summed E-state index contributed by atoms with van der Waals surface area (Å²) in [6.45, 7) is 4.34. The highest BCUT2D eigenvalue weighted by Gasteiger charge is 2.18. The van der Waals surface area contributed by atoms with Gasteiger partial charge in [0.05, 0.1) is 11.6 Å². The van der Waals surface area contributed by atoms with Crippen LogP contribution >= 0.6 is 0 Å². The second-order valence-corrected chi connectivity index (χ2v) is 11.2. The van der Waals surface area contributed by atoms with Crippen molar-refractivity contribution in [1.29, 1.82) is 0 Å². The van der Waals surface area contributed by atoms with Crippen LogP contribution in [0.1, 0.15) is 17.8 Å². The van der Waals surface area contributed by atoms with Crippen LogP contribution in [0.15, 0.2) is 71.8 Å². The number of rotatable bonds is 8. The Hall–Kier alpha value is -3.30. The molecule has 0 unspecified atom stereocenters. The number of sulfone groups is 1. The monoisotopic (exact) mass is 507 g/mol. The van der Waals surface area contributed by atoms with E-state index >= 15 is 0 Å². The molecule has 5 rings (SSSR count). The Morgan fingerprint density at radius 2 is 1.75 bits per heavy atom. The number of hydrogen-bond donors (Lipinski definition) is 0. The minimum absolute atomic E-state index is 0.254. The summed E-state index contributed by atoms with van der Waals surface area (Å²) in [5.74, 6) is 0.725. The zero-order chi connectivity index (χ0) is 25.1. The fraction of sp³-hybridized carbons (Fsp3) is 0.333. The molecule has 0 spiro atoms. The molecular formula is C27H30FN5O2S. The molecule has 1 aliphatic rings. The van der Waals surface area contributed by atoms with Gasteiger partial charge in [-0.1, -0.05) is 24.3 Å². The summed E-state index contributed by atoms with van der Waals surface area (Å²) in [5, 5.41) is 4.69. The second kappa shape index (κ2) is 10.4. The minimum Gasteiger partial charge on any atom is -0.369 e. The number of aromatic nitrogens is 3. The molecule has 1 aliphatic heterocycles. The molecule has 0 saturated carbocycles. The van der Waals surface area contributed by atoms with Crippen LogP contribution in [0.5, 0.6) is 0 Å². The van der Waals surface area contributed by atoms with E-state index in [2.05, 4.69) is 34.1 Å². The SMILES string of the molecule is CS(=O)(=O)c1ccc(-c2cccn3nc(Cc4cccc(N5CCN(CCCF)CC5)c4)nc23)cc1. The number of anilines is 1. The molecule has 7 nitrogen and oxygen atoms in total. The first kappa shape index (κ1) is 24.4. The summed E-state index contributed by atoms with van der Waals surface area (Å²) < 4.78 is 37.9. The molecular weight excluding hydrogens is 477 g/mol. The van der Waals surface area contributed by atoms with Gasteiger partial charge in [0.1, 0.15) is 0 Å². The Balaban J connectivity index is 1.33. The van der Waals surface area contributed by atoms with Crippen LogP contribution in [0.4, 0.5) is 10.1 Å². The van der Waals surface area contributed by atoms with Crippen molar-refractivity contribution in [3.05, 3.63) is 78.2 Å². The molecule has 188 valence electrons. The second-order valence-electron chi connectivity index (χ2n) is 9.23. The maximum atomic E-state index is 12.5. The van der Waals surface area contributed by atoms with Crippen LogP contribution < -0.4 is 4.90 Å². The minimum atomic E-state index is -3.25. The van der Waals surface area contributed by atoms with Crippen LogP contribution in [-0.2, 0) is 16.3 Å². The highest BCUT2D eigenvalue weighted by Crippen LogP contribution is 2.26. The standard InChI is InChI=1S/C27H30FN5O2S/c1-36(34,35)24-10-8-22(9-11-24)25-7-3-14-33-27(25)29-26(30-33)20-21-5-2-6-23(19-21)32-17-15-31(16-18-32)13-4-12-28/h2-3,5-11,14,19H,4,12-13,15-18,20H2,1H3. The molecule has 0 amide bonds. The van der Waals surface area contributed by atoms with Crippen LogP contribution in [0.3, 0.4) is 0 Å². The average molecular weight is 508 g/mol. The quantitative estimate of drug-likeness (QED) is 0.361. The van der Waals surface area contributed by atoms with Crippen LogP contribution in [0, 0.1) is 0 Å². The Bertz CT molecular complexity index is 1440. The normalized spacial score (nSPS) is 15.0. The summed E-state index contributed by atoms with van der Waals surface area (Å²) in [4.78, 5) is 9.82. The molecule has 0 atom stereocenters. The van der Waals surface area contributed by atoms with Gasteiger partial charge in [0.15, 0.2) is 21.3 Å². The molecule has 0 radical (unpaired) electrons. The van der Waals surface area contributed by atoms with Crippen LogP contribution in [-0.4, -0.2) is 73.6 Å². The molecule has 1 saturated heterocycles. The van der Waals surface area contributed by atoms with Crippen molar-refractivity contribution in [3.63, 3.8) is 0 Å². The average Bonchev–Trinajstić information content (AvgIpc) is 3.30. The third-order valence-corrected chi connectivity index (χ3v) is 7.75. The largest absolute Gasteiger partial charge is 0.369 e. The Morgan fingerprint density at radius 1 is 0.972 bits per heavy atom. The van der Waals surface area contributed by atoms with Crippen molar-refractivity contribution in [1.82, 2.24) is 19.5 Å². The lowest BCUT2D eigenvalue weighted by Gasteiger charge is -2.36. The fourth-order valence-electron chi connectivity index (χ4n) is 4.69. The first-order chi connectivity index (χ1) is 17.4. The van der Waals surface area contributed by atoms with E-state index in [9.17, 15) is 12.8 Å². The highest BCUT2D eigenvalue weighted by atomic mass is 32.2. The number of halogens is 1. The van der Waals surface area contributed by atoms with Gasteiger partial charge in [0, 0.05) is 62.8 Å². The first-order valence-electron chi connectivity index (χ1n) is 12.2. The summed E-state index contributed by atoms with van der Waals surface area (Å²) >= 11 is 0.